The van der Waals surface area contributed by atoms with Crippen LogP contribution in [-0.2, 0) is 0 Å². The topological polar surface area (TPSA) is 33.0 Å². The zero-order valence-electron chi connectivity index (χ0n) is 9.16. The molecule has 2 nitrogen and oxygen atoms in total. The summed E-state index contributed by atoms with van der Waals surface area (Å²) in [6.07, 6.45) is 0. The highest BCUT2D eigenvalue weighted by Gasteiger charge is 2.06. The first-order valence-corrected chi connectivity index (χ1v) is 6.57. The van der Waals surface area contributed by atoms with Crippen molar-refractivity contribution in [2.24, 2.45) is 0 Å². The Balaban J connectivity index is 3.03. The van der Waals surface area contributed by atoms with Crippen LogP contribution >= 0.6 is 27.7 Å². The van der Waals surface area contributed by atoms with Crippen LogP contribution in [-0.4, -0.2) is 12.9 Å². The molecular weight excluding hydrogens is 286 g/mol. The molecule has 1 aromatic rings. The molecule has 0 bridgehead atoms. The molecule has 0 fully saturated rings. The highest BCUT2D eigenvalue weighted by Crippen LogP contribution is 2.31. The van der Waals surface area contributed by atoms with E-state index in [1.54, 1.807) is 7.11 Å². The summed E-state index contributed by atoms with van der Waals surface area (Å²) in [6, 6.07) is 9.80. The fourth-order valence-electron chi connectivity index (χ4n) is 1.16. The van der Waals surface area contributed by atoms with Crippen molar-refractivity contribution in [3.05, 3.63) is 34.7 Å². The van der Waals surface area contributed by atoms with Gasteiger partial charge in [-0.3, -0.25) is 0 Å². The van der Waals surface area contributed by atoms with Gasteiger partial charge in [0.15, 0.2) is 0 Å². The molecule has 16 heavy (non-hydrogen) atoms. The summed E-state index contributed by atoms with van der Waals surface area (Å²) in [5, 5.41) is 9.01. The fraction of sp³-hybridized carbons (Fsp3) is 0.250. The minimum atomic E-state index is 0.702. The van der Waals surface area contributed by atoms with Crippen molar-refractivity contribution < 1.29 is 4.74 Å². The minimum absolute atomic E-state index is 0.702. The van der Waals surface area contributed by atoms with Gasteiger partial charge in [0, 0.05) is 4.48 Å². The van der Waals surface area contributed by atoms with Gasteiger partial charge < -0.3 is 4.74 Å². The summed E-state index contributed by atoms with van der Waals surface area (Å²) in [6.45, 7) is 2.02. The van der Waals surface area contributed by atoms with Gasteiger partial charge in [0.2, 0.25) is 0 Å². The van der Waals surface area contributed by atoms with E-state index < -0.39 is 0 Å². The summed E-state index contributed by atoms with van der Waals surface area (Å²) in [5.74, 6) is 1.69. The van der Waals surface area contributed by atoms with Crippen LogP contribution in [0.4, 0.5) is 0 Å². The smallest absolute Gasteiger partial charge is 0.118 e. The lowest BCUT2D eigenvalue weighted by atomic mass is 10.2. The first kappa shape index (κ1) is 13.1. The molecule has 0 radical (unpaired) electrons. The Morgan fingerprint density at radius 1 is 1.44 bits per heavy atom. The highest BCUT2D eigenvalue weighted by atomic mass is 79.9. The largest absolute Gasteiger partial charge is 0.497 e. The molecule has 0 spiro atoms. The van der Waals surface area contributed by atoms with Crippen LogP contribution in [0.1, 0.15) is 12.5 Å². The molecular formula is C12H12BrNOS. The standard InChI is InChI=1S/C12H12BrNOS/c1-3-16-11(8-14)12(13)9-4-6-10(15-2)7-5-9/h4-7H,3H2,1-2H3. The molecule has 84 valence electrons. The molecule has 0 aliphatic heterocycles. The van der Waals surface area contributed by atoms with E-state index in [1.165, 1.54) is 11.8 Å². The van der Waals surface area contributed by atoms with Gasteiger partial charge in [-0.25, -0.2) is 0 Å². The monoisotopic (exact) mass is 297 g/mol. The number of benzene rings is 1. The van der Waals surface area contributed by atoms with Crippen molar-refractivity contribution in [1.82, 2.24) is 0 Å². The van der Waals surface area contributed by atoms with Crippen LogP contribution in [0.15, 0.2) is 29.2 Å². The molecule has 0 unspecified atom stereocenters. The van der Waals surface area contributed by atoms with E-state index in [2.05, 4.69) is 22.0 Å². The molecule has 0 aliphatic rings. The highest BCUT2D eigenvalue weighted by molar-refractivity contribution is 9.15. The maximum absolute atomic E-state index is 9.01. The van der Waals surface area contributed by atoms with Crippen LogP contribution in [0.5, 0.6) is 5.75 Å². The van der Waals surface area contributed by atoms with Gasteiger partial charge >= 0.3 is 0 Å². The van der Waals surface area contributed by atoms with Gasteiger partial charge in [-0.15, -0.1) is 11.8 Å². The minimum Gasteiger partial charge on any atom is -0.497 e. The van der Waals surface area contributed by atoms with E-state index in [0.717, 1.165) is 21.5 Å². The first-order valence-electron chi connectivity index (χ1n) is 4.80. The van der Waals surface area contributed by atoms with Crippen molar-refractivity contribution in [3.8, 4) is 11.8 Å². The predicted octanol–water partition coefficient (Wildman–Crippen LogP) is 4.04. The second kappa shape index (κ2) is 6.62. The van der Waals surface area contributed by atoms with Crippen molar-refractivity contribution in [1.29, 1.82) is 5.26 Å². The second-order valence-electron chi connectivity index (χ2n) is 2.92. The van der Waals surface area contributed by atoms with Crippen LogP contribution in [0.2, 0.25) is 0 Å². The molecule has 0 amide bonds. The zero-order valence-corrected chi connectivity index (χ0v) is 11.6. The number of allylic oxidation sites excluding steroid dienone is 1. The van der Waals surface area contributed by atoms with Crippen LogP contribution in [0.3, 0.4) is 0 Å². The zero-order chi connectivity index (χ0) is 12.0. The van der Waals surface area contributed by atoms with Crippen molar-refractivity contribution in [3.63, 3.8) is 0 Å². The normalized spacial score (nSPS) is 11.6. The molecule has 0 saturated heterocycles. The lowest BCUT2D eigenvalue weighted by molar-refractivity contribution is 0.415. The number of nitrogens with zero attached hydrogens (tertiary/aromatic N) is 1. The molecule has 0 aliphatic carbocycles. The van der Waals surface area contributed by atoms with Gasteiger partial charge in [-0.1, -0.05) is 19.1 Å². The maximum atomic E-state index is 9.01. The van der Waals surface area contributed by atoms with Crippen LogP contribution < -0.4 is 4.74 Å². The molecule has 0 atom stereocenters. The lowest BCUT2D eigenvalue weighted by Crippen LogP contribution is -1.85. The van der Waals surface area contributed by atoms with E-state index >= 15 is 0 Å². The Labute approximate surface area is 108 Å². The molecule has 0 saturated carbocycles. The summed E-state index contributed by atoms with van der Waals surface area (Å²) in [4.78, 5) is 0.702. The average Bonchev–Trinajstić information content (AvgIpc) is 2.35. The third-order valence-corrected chi connectivity index (χ3v) is 3.92. The number of hydrogen-bond donors (Lipinski definition) is 0. The summed E-state index contributed by atoms with van der Waals surface area (Å²) < 4.78 is 5.92. The van der Waals surface area contributed by atoms with Gasteiger partial charge in [-0.05, 0) is 39.4 Å². The van der Waals surface area contributed by atoms with Gasteiger partial charge in [-0.2, -0.15) is 5.26 Å². The molecule has 0 heterocycles. The average molecular weight is 298 g/mol. The Morgan fingerprint density at radius 3 is 2.50 bits per heavy atom. The number of thioether (sulfide) groups is 1. The second-order valence-corrected chi connectivity index (χ2v) is 4.98. The van der Waals surface area contributed by atoms with Crippen LogP contribution in [0, 0.1) is 11.3 Å². The number of halogens is 1. The molecule has 4 heteroatoms. The number of ether oxygens (including phenoxy) is 1. The lowest BCUT2D eigenvalue weighted by Gasteiger charge is -2.04. The third kappa shape index (κ3) is 3.29. The summed E-state index contributed by atoms with van der Waals surface area (Å²) in [7, 11) is 1.63. The van der Waals surface area contributed by atoms with Crippen LogP contribution in [0.25, 0.3) is 4.48 Å². The Bertz CT molecular complexity index is 420. The van der Waals surface area contributed by atoms with E-state index in [4.69, 9.17) is 10.00 Å². The van der Waals surface area contributed by atoms with E-state index in [9.17, 15) is 0 Å². The van der Waals surface area contributed by atoms with E-state index in [1.807, 2.05) is 31.2 Å². The third-order valence-electron chi connectivity index (χ3n) is 1.93. The van der Waals surface area contributed by atoms with Crippen molar-refractivity contribution in [2.45, 2.75) is 6.92 Å². The summed E-state index contributed by atoms with van der Waals surface area (Å²) >= 11 is 4.99. The Morgan fingerprint density at radius 2 is 2.06 bits per heavy atom. The predicted molar refractivity (Wildman–Crippen MR) is 72.6 cm³/mol. The van der Waals surface area contributed by atoms with E-state index in [0.29, 0.717) is 4.91 Å². The molecule has 0 N–H and O–H groups in total. The van der Waals surface area contributed by atoms with Crippen molar-refractivity contribution in [2.75, 3.05) is 12.9 Å². The van der Waals surface area contributed by atoms with Crippen molar-refractivity contribution >= 4 is 32.2 Å². The quantitative estimate of drug-likeness (QED) is 0.787. The molecule has 1 aromatic carbocycles. The number of methoxy groups -OCH3 is 1. The van der Waals surface area contributed by atoms with Gasteiger partial charge in [0.1, 0.15) is 11.8 Å². The Hall–Kier alpha value is -0.920. The number of rotatable bonds is 4. The first-order chi connectivity index (χ1) is 7.72. The number of hydrogen-bond acceptors (Lipinski definition) is 3. The van der Waals surface area contributed by atoms with Gasteiger partial charge in [0.05, 0.1) is 12.0 Å². The number of nitriles is 1. The maximum Gasteiger partial charge on any atom is 0.118 e. The fourth-order valence-corrected chi connectivity index (χ4v) is 2.45. The van der Waals surface area contributed by atoms with Gasteiger partial charge in [0.25, 0.3) is 0 Å². The Kier molecular flexibility index (Phi) is 5.44. The molecule has 0 aromatic heterocycles. The SMILES string of the molecule is CCSC(C#N)=C(Br)c1ccc(OC)cc1. The summed E-state index contributed by atoms with van der Waals surface area (Å²) in [5.41, 5.74) is 0.985. The molecule has 1 rings (SSSR count). The van der Waals surface area contributed by atoms with E-state index in [-0.39, 0.29) is 0 Å².